The third-order valence-corrected chi connectivity index (χ3v) is 2.74. The second-order valence-electron chi connectivity index (χ2n) is 4.18. The molecule has 116 valence electrons. The van der Waals surface area contributed by atoms with Crippen molar-refractivity contribution in [3.63, 3.8) is 0 Å². The Labute approximate surface area is 118 Å². The van der Waals surface area contributed by atoms with Gasteiger partial charge < -0.3 is 19.5 Å². The zero-order chi connectivity index (χ0) is 14.2. The van der Waals surface area contributed by atoms with Crippen LogP contribution in [0, 0.1) is 0 Å². The van der Waals surface area contributed by atoms with Crippen LogP contribution in [0.4, 0.5) is 0 Å². The average molecular weight is 276 g/mol. The number of ether oxygens (including phenoxy) is 3. The summed E-state index contributed by atoms with van der Waals surface area (Å²) in [6, 6.07) is 0. The van der Waals surface area contributed by atoms with E-state index in [1.54, 1.807) is 0 Å². The van der Waals surface area contributed by atoms with E-state index in [1.807, 2.05) is 20.8 Å². The summed E-state index contributed by atoms with van der Waals surface area (Å²) in [7, 11) is 0. The van der Waals surface area contributed by atoms with Crippen LogP contribution in [0.25, 0.3) is 0 Å². The molecule has 0 spiro atoms. The maximum Gasteiger partial charge on any atom is 0.0593 e. The molecular formula is C14H32N2O3. The molecule has 0 radical (unpaired) electrons. The average Bonchev–Trinajstić information content (AvgIpc) is 2.42. The molecule has 5 nitrogen and oxygen atoms in total. The highest BCUT2D eigenvalue weighted by molar-refractivity contribution is 4.59. The van der Waals surface area contributed by atoms with Gasteiger partial charge in [0.2, 0.25) is 0 Å². The molecule has 0 saturated heterocycles. The molecule has 0 aromatic rings. The van der Waals surface area contributed by atoms with Crippen LogP contribution in [0.2, 0.25) is 0 Å². The fraction of sp³-hybridized carbons (Fsp3) is 1.00. The molecule has 0 fully saturated rings. The first-order chi connectivity index (χ1) is 9.35. The van der Waals surface area contributed by atoms with E-state index in [1.165, 1.54) is 0 Å². The van der Waals surface area contributed by atoms with Gasteiger partial charge in [-0.15, -0.1) is 0 Å². The Morgan fingerprint density at radius 1 is 0.684 bits per heavy atom. The van der Waals surface area contributed by atoms with Gasteiger partial charge in [0.05, 0.1) is 19.8 Å². The quantitative estimate of drug-likeness (QED) is 0.452. The van der Waals surface area contributed by atoms with Gasteiger partial charge in [0.25, 0.3) is 0 Å². The van der Waals surface area contributed by atoms with Crippen molar-refractivity contribution in [1.29, 1.82) is 0 Å². The lowest BCUT2D eigenvalue weighted by atomic mass is 10.4. The molecule has 0 heterocycles. The van der Waals surface area contributed by atoms with E-state index in [-0.39, 0.29) is 0 Å². The summed E-state index contributed by atoms with van der Waals surface area (Å²) >= 11 is 0. The number of rotatable bonds is 15. The van der Waals surface area contributed by atoms with E-state index in [4.69, 9.17) is 14.2 Å². The van der Waals surface area contributed by atoms with Crippen LogP contribution in [-0.2, 0) is 14.2 Å². The van der Waals surface area contributed by atoms with Gasteiger partial charge in [-0.2, -0.15) is 0 Å². The Morgan fingerprint density at radius 2 is 1.21 bits per heavy atom. The summed E-state index contributed by atoms with van der Waals surface area (Å²) in [5.74, 6) is 0. The highest BCUT2D eigenvalue weighted by Gasteiger charge is 2.04. The van der Waals surface area contributed by atoms with Crippen LogP contribution >= 0.6 is 0 Å². The standard InChI is InChI=1S/C14H32N2O3/c1-4-17-12-8-15-7-9-16(10-13-18-5-2)11-14-19-6-3/h15H,4-14H2,1-3H3. The molecule has 0 aliphatic heterocycles. The Morgan fingerprint density at radius 3 is 1.74 bits per heavy atom. The summed E-state index contributed by atoms with van der Waals surface area (Å²) < 4.78 is 16.1. The lowest BCUT2D eigenvalue weighted by Gasteiger charge is -2.22. The molecule has 0 aliphatic rings. The molecule has 0 bridgehead atoms. The fourth-order valence-electron chi connectivity index (χ4n) is 1.66. The van der Waals surface area contributed by atoms with Crippen LogP contribution in [-0.4, -0.2) is 77.3 Å². The summed E-state index contributed by atoms with van der Waals surface area (Å²) in [6.07, 6.45) is 0. The minimum absolute atomic E-state index is 0.784. The second-order valence-corrected chi connectivity index (χ2v) is 4.18. The Kier molecular flexibility index (Phi) is 15.7. The van der Waals surface area contributed by atoms with Crippen molar-refractivity contribution in [1.82, 2.24) is 10.2 Å². The molecule has 0 unspecified atom stereocenters. The van der Waals surface area contributed by atoms with Crippen LogP contribution in [0.1, 0.15) is 20.8 Å². The summed E-state index contributed by atoms with van der Waals surface area (Å²) in [5, 5.41) is 3.38. The SMILES string of the molecule is CCOCCNCCN(CCOCC)CCOCC. The lowest BCUT2D eigenvalue weighted by molar-refractivity contribution is 0.0827. The van der Waals surface area contributed by atoms with Crippen molar-refractivity contribution in [3.05, 3.63) is 0 Å². The van der Waals surface area contributed by atoms with Crippen LogP contribution in [0.5, 0.6) is 0 Å². The van der Waals surface area contributed by atoms with E-state index in [0.29, 0.717) is 0 Å². The highest BCUT2D eigenvalue weighted by atomic mass is 16.5. The van der Waals surface area contributed by atoms with Crippen molar-refractivity contribution in [2.24, 2.45) is 0 Å². The molecule has 0 saturated carbocycles. The molecule has 0 rings (SSSR count). The summed E-state index contributed by atoms with van der Waals surface area (Å²) in [4.78, 5) is 2.37. The van der Waals surface area contributed by atoms with Crippen molar-refractivity contribution in [3.8, 4) is 0 Å². The first-order valence-electron chi connectivity index (χ1n) is 7.51. The van der Waals surface area contributed by atoms with Gasteiger partial charge in [-0.3, -0.25) is 4.90 Å². The monoisotopic (exact) mass is 276 g/mol. The molecule has 5 heteroatoms. The van der Waals surface area contributed by atoms with Crippen LogP contribution in [0.3, 0.4) is 0 Å². The number of nitrogens with zero attached hydrogens (tertiary/aromatic N) is 1. The predicted octanol–water partition coefficient (Wildman–Crippen LogP) is 0.988. The van der Waals surface area contributed by atoms with Crippen LogP contribution < -0.4 is 5.32 Å². The van der Waals surface area contributed by atoms with E-state index >= 15 is 0 Å². The lowest BCUT2D eigenvalue weighted by Crippen LogP contribution is -2.37. The summed E-state index contributed by atoms with van der Waals surface area (Å²) in [5.41, 5.74) is 0. The topological polar surface area (TPSA) is 43.0 Å². The first kappa shape index (κ1) is 18.8. The first-order valence-corrected chi connectivity index (χ1v) is 7.51. The number of hydrogen-bond acceptors (Lipinski definition) is 5. The summed E-state index contributed by atoms with van der Waals surface area (Å²) in [6.45, 7) is 15.6. The van der Waals surface area contributed by atoms with Crippen molar-refractivity contribution >= 4 is 0 Å². The van der Waals surface area contributed by atoms with Gasteiger partial charge in [-0.05, 0) is 20.8 Å². The van der Waals surface area contributed by atoms with Crippen molar-refractivity contribution < 1.29 is 14.2 Å². The molecule has 19 heavy (non-hydrogen) atoms. The normalized spacial score (nSPS) is 11.4. The van der Waals surface area contributed by atoms with Crippen molar-refractivity contribution in [2.45, 2.75) is 20.8 Å². The van der Waals surface area contributed by atoms with E-state index in [9.17, 15) is 0 Å². The van der Waals surface area contributed by atoms with Gasteiger partial charge in [-0.1, -0.05) is 0 Å². The van der Waals surface area contributed by atoms with Gasteiger partial charge in [0, 0.05) is 52.5 Å². The zero-order valence-electron chi connectivity index (χ0n) is 13.0. The molecule has 0 aliphatic carbocycles. The van der Waals surface area contributed by atoms with E-state index in [2.05, 4.69) is 10.2 Å². The fourth-order valence-corrected chi connectivity index (χ4v) is 1.66. The van der Waals surface area contributed by atoms with Crippen LogP contribution in [0.15, 0.2) is 0 Å². The van der Waals surface area contributed by atoms with Gasteiger partial charge in [-0.25, -0.2) is 0 Å². The smallest absolute Gasteiger partial charge is 0.0593 e. The minimum Gasteiger partial charge on any atom is -0.380 e. The second kappa shape index (κ2) is 15.9. The number of nitrogens with one attached hydrogen (secondary N) is 1. The Hall–Kier alpha value is -0.200. The highest BCUT2D eigenvalue weighted by Crippen LogP contribution is 1.89. The van der Waals surface area contributed by atoms with Gasteiger partial charge >= 0.3 is 0 Å². The third-order valence-electron chi connectivity index (χ3n) is 2.74. The third kappa shape index (κ3) is 14.0. The molecule has 1 N–H and O–H groups in total. The molecule has 0 atom stereocenters. The number of hydrogen-bond donors (Lipinski definition) is 1. The zero-order valence-corrected chi connectivity index (χ0v) is 13.0. The maximum atomic E-state index is 5.41. The van der Waals surface area contributed by atoms with Crippen molar-refractivity contribution in [2.75, 3.05) is 72.4 Å². The molecule has 0 aromatic heterocycles. The Bertz CT molecular complexity index is 161. The minimum atomic E-state index is 0.784. The Balaban J connectivity index is 3.58. The molecule has 0 aromatic carbocycles. The van der Waals surface area contributed by atoms with Gasteiger partial charge in [0.1, 0.15) is 0 Å². The molecular weight excluding hydrogens is 244 g/mol. The van der Waals surface area contributed by atoms with Gasteiger partial charge in [0.15, 0.2) is 0 Å². The maximum absolute atomic E-state index is 5.41. The van der Waals surface area contributed by atoms with E-state index < -0.39 is 0 Å². The molecule has 0 amide bonds. The van der Waals surface area contributed by atoms with E-state index in [0.717, 1.165) is 72.4 Å². The predicted molar refractivity (Wildman–Crippen MR) is 78.8 cm³/mol. The largest absolute Gasteiger partial charge is 0.380 e.